The van der Waals surface area contributed by atoms with Crippen LogP contribution in [-0.2, 0) is 4.79 Å². The standard InChI is InChI=1S/C33H27BrN2O5/c1-40-28-16-18-31(41-2)25(21-28)13-17-30(37)23-11-14-27(15-12-23)35-33(39)29(20-22-7-6-10-26(34)19-22)36-32(38)24-8-4-3-5-9-24/h3-21H,1-2H3,(H,35,39)(H,36,38)/b17-13+,29-20-. The minimum atomic E-state index is -0.515. The maximum atomic E-state index is 13.3. The quantitative estimate of drug-likeness (QED) is 0.153. The van der Waals surface area contributed by atoms with Crippen molar-refractivity contribution in [3.05, 3.63) is 136 Å². The van der Waals surface area contributed by atoms with E-state index < -0.39 is 11.8 Å². The molecule has 0 unspecified atom stereocenters. The first-order valence-corrected chi connectivity index (χ1v) is 13.3. The second-order valence-electron chi connectivity index (χ2n) is 8.77. The summed E-state index contributed by atoms with van der Waals surface area (Å²) in [6.07, 6.45) is 4.70. The highest BCUT2D eigenvalue weighted by atomic mass is 79.9. The lowest BCUT2D eigenvalue weighted by molar-refractivity contribution is -0.113. The number of rotatable bonds is 10. The second kappa shape index (κ2) is 13.9. The molecular formula is C33H27BrN2O5. The van der Waals surface area contributed by atoms with Crippen molar-refractivity contribution in [1.29, 1.82) is 0 Å². The Hall–Kier alpha value is -4.95. The van der Waals surface area contributed by atoms with E-state index in [1.807, 2.05) is 30.3 Å². The molecule has 0 heterocycles. The summed E-state index contributed by atoms with van der Waals surface area (Å²) in [6, 6.07) is 27.8. The van der Waals surface area contributed by atoms with Crippen molar-refractivity contribution < 1.29 is 23.9 Å². The minimum absolute atomic E-state index is 0.0623. The van der Waals surface area contributed by atoms with Crippen LogP contribution in [0.2, 0.25) is 0 Å². The molecule has 0 radical (unpaired) electrons. The average molecular weight is 611 g/mol. The van der Waals surface area contributed by atoms with Crippen LogP contribution in [0.3, 0.4) is 0 Å². The number of nitrogens with one attached hydrogen (secondary N) is 2. The van der Waals surface area contributed by atoms with Crippen LogP contribution < -0.4 is 20.1 Å². The van der Waals surface area contributed by atoms with Gasteiger partial charge in [0.25, 0.3) is 11.8 Å². The molecule has 2 amide bonds. The number of ether oxygens (including phenoxy) is 2. The number of ketones is 1. The molecule has 2 N–H and O–H groups in total. The van der Waals surface area contributed by atoms with Crippen molar-refractivity contribution in [3.63, 3.8) is 0 Å². The predicted molar refractivity (Wildman–Crippen MR) is 164 cm³/mol. The van der Waals surface area contributed by atoms with E-state index in [2.05, 4.69) is 26.6 Å². The third kappa shape index (κ3) is 8.03. The minimum Gasteiger partial charge on any atom is -0.497 e. The van der Waals surface area contributed by atoms with Crippen molar-refractivity contribution in [2.45, 2.75) is 0 Å². The van der Waals surface area contributed by atoms with E-state index in [1.165, 1.54) is 6.08 Å². The van der Waals surface area contributed by atoms with Crippen molar-refractivity contribution in [2.24, 2.45) is 0 Å². The first-order chi connectivity index (χ1) is 19.9. The summed E-state index contributed by atoms with van der Waals surface area (Å²) in [6.45, 7) is 0. The fourth-order valence-corrected chi connectivity index (χ4v) is 4.27. The van der Waals surface area contributed by atoms with Crippen molar-refractivity contribution >= 4 is 51.4 Å². The molecule has 0 saturated heterocycles. The molecule has 7 nitrogen and oxygen atoms in total. The maximum absolute atomic E-state index is 13.3. The van der Waals surface area contributed by atoms with Gasteiger partial charge in [-0.2, -0.15) is 0 Å². The SMILES string of the molecule is COc1ccc(OC)c(/C=C/C(=O)c2ccc(NC(=O)/C(=C/c3cccc(Br)c3)NC(=O)c3ccccc3)cc2)c1. The normalized spacial score (nSPS) is 11.1. The van der Waals surface area contributed by atoms with Crippen LogP contribution in [0.1, 0.15) is 31.8 Å². The van der Waals surface area contributed by atoms with Gasteiger partial charge >= 0.3 is 0 Å². The number of halogens is 1. The zero-order valence-electron chi connectivity index (χ0n) is 22.4. The molecule has 0 aliphatic carbocycles. The number of amides is 2. The van der Waals surface area contributed by atoms with Crippen LogP contribution in [0, 0.1) is 0 Å². The lowest BCUT2D eigenvalue weighted by Crippen LogP contribution is -2.30. The number of benzene rings is 4. The Bertz CT molecular complexity index is 1610. The van der Waals surface area contributed by atoms with Gasteiger partial charge in [0, 0.05) is 26.9 Å². The predicted octanol–water partition coefficient (Wildman–Crippen LogP) is 6.77. The summed E-state index contributed by atoms with van der Waals surface area (Å²) in [5.41, 5.74) is 2.79. The molecule has 0 fully saturated rings. The Morgan fingerprint density at radius 3 is 2.22 bits per heavy atom. The highest BCUT2D eigenvalue weighted by Gasteiger charge is 2.15. The van der Waals surface area contributed by atoms with E-state index in [0.29, 0.717) is 33.9 Å². The summed E-state index contributed by atoms with van der Waals surface area (Å²) in [5.74, 6) is 0.101. The van der Waals surface area contributed by atoms with E-state index in [0.717, 1.165) is 10.0 Å². The van der Waals surface area contributed by atoms with E-state index >= 15 is 0 Å². The fourth-order valence-electron chi connectivity index (χ4n) is 3.85. The molecule has 0 saturated carbocycles. The molecule has 4 rings (SSSR count). The molecule has 0 aliphatic heterocycles. The van der Waals surface area contributed by atoms with Gasteiger partial charge in [-0.25, -0.2) is 0 Å². The van der Waals surface area contributed by atoms with Gasteiger partial charge in [-0.1, -0.05) is 46.3 Å². The number of hydrogen-bond donors (Lipinski definition) is 2. The Morgan fingerprint density at radius 1 is 0.780 bits per heavy atom. The van der Waals surface area contributed by atoms with Gasteiger partial charge in [-0.15, -0.1) is 0 Å². The van der Waals surface area contributed by atoms with Crippen LogP contribution in [0.25, 0.3) is 12.2 Å². The molecule has 0 spiro atoms. The lowest BCUT2D eigenvalue weighted by atomic mass is 10.1. The summed E-state index contributed by atoms with van der Waals surface area (Å²) in [4.78, 5) is 38.9. The fraction of sp³-hybridized carbons (Fsp3) is 0.0606. The molecule has 0 bridgehead atoms. The number of hydrogen-bond acceptors (Lipinski definition) is 5. The molecule has 4 aromatic carbocycles. The Morgan fingerprint density at radius 2 is 1.54 bits per heavy atom. The van der Waals surface area contributed by atoms with E-state index in [-0.39, 0.29) is 11.5 Å². The average Bonchev–Trinajstić information content (AvgIpc) is 3.00. The largest absolute Gasteiger partial charge is 0.497 e. The van der Waals surface area contributed by atoms with Gasteiger partial charge in [-0.05, 0) is 90.5 Å². The van der Waals surface area contributed by atoms with Crippen LogP contribution >= 0.6 is 15.9 Å². The summed E-state index contributed by atoms with van der Waals surface area (Å²) in [7, 11) is 3.12. The Labute approximate surface area is 246 Å². The third-order valence-electron chi connectivity index (χ3n) is 5.97. The monoisotopic (exact) mass is 610 g/mol. The molecule has 0 aliphatic rings. The van der Waals surface area contributed by atoms with Crippen molar-refractivity contribution in [3.8, 4) is 11.5 Å². The molecule has 0 aromatic heterocycles. The second-order valence-corrected chi connectivity index (χ2v) is 9.69. The Kier molecular flexibility index (Phi) is 9.85. The first kappa shape index (κ1) is 29.0. The highest BCUT2D eigenvalue weighted by Crippen LogP contribution is 2.25. The number of carbonyl (C=O) groups is 3. The topological polar surface area (TPSA) is 93.7 Å². The van der Waals surface area contributed by atoms with Gasteiger partial charge in [0.2, 0.25) is 0 Å². The summed E-state index contributed by atoms with van der Waals surface area (Å²) >= 11 is 3.43. The van der Waals surface area contributed by atoms with Crippen LogP contribution in [0.4, 0.5) is 5.69 Å². The smallest absolute Gasteiger partial charge is 0.272 e. The summed E-state index contributed by atoms with van der Waals surface area (Å²) < 4.78 is 11.4. The number of carbonyl (C=O) groups excluding carboxylic acids is 3. The number of methoxy groups -OCH3 is 2. The molecule has 206 valence electrons. The van der Waals surface area contributed by atoms with Crippen LogP contribution in [0.5, 0.6) is 11.5 Å². The number of allylic oxidation sites excluding steroid dienone is 1. The zero-order valence-corrected chi connectivity index (χ0v) is 24.0. The van der Waals surface area contributed by atoms with Gasteiger partial charge in [0.15, 0.2) is 5.78 Å². The van der Waals surface area contributed by atoms with E-state index in [4.69, 9.17) is 9.47 Å². The lowest BCUT2D eigenvalue weighted by Gasteiger charge is -2.12. The molecule has 0 atom stereocenters. The van der Waals surface area contributed by atoms with Crippen LogP contribution in [0.15, 0.2) is 113 Å². The van der Waals surface area contributed by atoms with Gasteiger partial charge in [0.05, 0.1) is 14.2 Å². The zero-order chi connectivity index (χ0) is 29.2. The van der Waals surface area contributed by atoms with E-state index in [9.17, 15) is 14.4 Å². The molecule has 8 heteroatoms. The molecular weight excluding hydrogens is 584 g/mol. The van der Waals surface area contributed by atoms with Gasteiger partial charge in [0.1, 0.15) is 17.2 Å². The highest BCUT2D eigenvalue weighted by molar-refractivity contribution is 9.10. The molecule has 4 aromatic rings. The summed E-state index contributed by atoms with van der Waals surface area (Å²) in [5, 5.41) is 5.51. The maximum Gasteiger partial charge on any atom is 0.272 e. The number of anilines is 1. The van der Waals surface area contributed by atoms with Gasteiger partial charge < -0.3 is 20.1 Å². The van der Waals surface area contributed by atoms with Crippen LogP contribution in [-0.4, -0.2) is 31.8 Å². The Balaban J connectivity index is 1.50. The van der Waals surface area contributed by atoms with Gasteiger partial charge in [-0.3, -0.25) is 14.4 Å². The van der Waals surface area contributed by atoms with Crippen molar-refractivity contribution in [1.82, 2.24) is 5.32 Å². The molecule has 41 heavy (non-hydrogen) atoms. The van der Waals surface area contributed by atoms with Crippen molar-refractivity contribution in [2.75, 3.05) is 19.5 Å². The third-order valence-corrected chi connectivity index (χ3v) is 6.46. The first-order valence-electron chi connectivity index (χ1n) is 12.6. The van der Waals surface area contributed by atoms with E-state index in [1.54, 1.807) is 93.1 Å².